The number of nitrogens with zero attached hydrogens (tertiary/aromatic N) is 3. The second-order valence-electron chi connectivity index (χ2n) is 9.05. The summed E-state index contributed by atoms with van der Waals surface area (Å²) in [6.07, 6.45) is 6.34. The van der Waals surface area contributed by atoms with E-state index in [2.05, 4.69) is 28.1 Å². The van der Waals surface area contributed by atoms with Crippen LogP contribution in [0.1, 0.15) is 35.3 Å². The molecule has 4 heterocycles. The van der Waals surface area contributed by atoms with E-state index in [0.29, 0.717) is 37.6 Å². The Bertz CT molecular complexity index is 1110. The van der Waals surface area contributed by atoms with Crippen LogP contribution in [-0.4, -0.2) is 67.3 Å². The Morgan fingerprint density at radius 3 is 2.88 bits per heavy atom. The summed E-state index contributed by atoms with van der Waals surface area (Å²) in [6, 6.07) is 12.2. The van der Waals surface area contributed by atoms with Crippen LogP contribution in [0, 0.1) is 5.92 Å². The van der Waals surface area contributed by atoms with Crippen molar-refractivity contribution in [3.8, 4) is 5.75 Å². The number of hydrogen-bond acceptors (Lipinski definition) is 5. The van der Waals surface area contributed by atoms with Crippen LogP contribution in [0.15, 0.2) is 42.6 Å². The predicted molar refractivity (Wildman–Crippen MR) is 129 cm³/mol. The molecule has 0 saturated carbocycles. The maximum atomic E-state index is 13.7. The SMILES string of the molecule is COc1ccc(N2CCCCC2)cc1C(=O)N1CCOC[C@H](Cc2ccc3cc[nH]c3n2)C1. The minimum Gasteiger partial charge on any atom is -0.496 e. The molecule has 7 nitrogen and oxygen atoms in total. The largest absolute Gasteiger partial charge is 0.496 e. The molecule has 2 saturated heterocycles. The van der Waals surface area contributed by atoms with Gasteiger partial charge in [0.05, 0.1) is 25.9 Å². The number of anilines is 1. The molecule has 2 aliphatic heterocycles. The van der Waals surface area contributed by atoms with E-state index in [1.807, 2.05) is 29.3 Å². The van der Waals surface area contributed by atoms with Crippen LogP contribution in [0.2, 0.25) is 0 Å². The van der Waals surface area contributed by atoms with Gasteiger partial charge in [0.15, 0.2) is 0 Å². The summed E-state index contributed by atoms with van der Waals surface area (Å²) >= 11 is 0. The third-order valence-corrected chi connectivity index (χ3v) is 6.72. The number of methoxy groups -OCH3 is 1. The predicted octanol–water partition coefficient (Wildman–Crippen LogP) is 3.89. The number of benzene rings is 1. The Kier molecular flexibility index (Phi) is 6.48. The smallest absolute Gasteiger partial charge is 0.257 e. The first-order valence-corrected chi connectivity index (χ1v) is 11.9. The summed E-state index contributed by atoms with van der Waals surface area (Å²) in [7, 11) is 1.63. The molecule has 0 bridgehead atoms. The summed E-state index contributed by atoms with van der Waals surface area (Å²) in [5, 5.41) is 1.10. The first-order valence-electron chi connectivity index (χ1n) is 11.9. The fourth-order valence-corrected chi connectivity index (χ4v) is 4.95. The van der Waals surface area contributed by atoms with Crippen LogP contribution in [0.25, 0.3) is 11.0 Å². The lowest BCUT2D eigenvalue weighted by Gasteiger charge is -2.30. The fourth-order valence-electron chi connectivity index (χ4n) is 4.95. The molecular weight excluding hydrogens is 416 g/mol. The zero-order chi connectivity index (χ0) is 22.6. The lowest BCUT2D eigenvalue weighted by atomic mass is 10.0. The number of amides is 1. The summed E-state index contributed by atoms with van der Waals surface area (Å²) < 4.78 is 11.5. The van der Waals surface area contributed by atoms with Crippen LogP contribution in [0.5, 0.6) is 5.75 Å². The standard InChI is InChI=1S/C26H32N4O3/c1-32-24-8-7-22(29-11-3-2-4-12-29)16-23(24)26(31)30-13-14-33-18-19(17-30)15-21-6-5-20-9-10-27-25(20)28-21/h5-10,16,19H,2-4,11-15,17-18H2,1H3,(H,27,28)/t19-/m1/s1. The van der Waals surface area contributed by atoms with E-state index in [9.17, 15) is 4.79 Å². The van der Waals surface area contributed by atoms with E-state index in [0.717, 1.165) is 41.9 Å². The Morgan fingerprint density at radius 2 is 2.03 bits per heavy atom. The molecule has 0 aliphatic carbocycles. The molecule has 1 N–H and O–H groups in total. The quantitative estimate of drug-likeness (QED) is 0.641. The van der Waals surface area contributed by atoms with Crippen molar-refractivity contribution in [2.45, 2.75) is 25.7 Å². The van der Waals surface area contributed by atoms with Gasteiger partial charge in [0, 0.05) is 55.1 Å². The molecule has 2 aromatic heterocycles. The first-order chi connectivity index (χ1) is 16.2. The number of nitrogens with one attached hydrogen (secondary N) is 1. The van der Waals surface area contributed by atoms with Crippen molar-refractivity contribution in [3.05, 3.63) is 53.9 Å². The highest BCUT2D eigenvalue weighted by molar-refractivity contribution is 5.98. The number of pyridine rings is 1. The molecular formula is C26H32N4O3. The van der Waals surface area contributed by atoms with E-state index in [1.54, 1.807) is 7.11 Å². The lowest BCUT2D eigenvalue weighted by Crippen LogP contribution is -2.37. The Labute approximate surface area is 194 Å². The van der Waals surface area contributed by atoms with Crippen LogP contribution >= 0.6 is 0 Å². The van der Waals surface area contributed by atoms with E-state index in [4.69, 9.17) is 14.5 Å². The fraction of sp³-hybridized carbons (Fsp3) is 0.462. The number of aromatic nitrogens is 2. The highest BCUT2D eigenvalue weighted by Gasteiger charge is 2.27. The number of fused-ring (bicyclic) bond motifs is 1. The molecule has 0 unspecified atom stereocenters. The normalized spacial score (nSPS) is 19.5. The second-order valence-corrected chi connectivity index (χ2v) is 9.05. The number of aromatic amines is 1. The van der Waals surface area contributed by atoms with Gasteiger partial charge in [-0.15, -0.1) is 0 Å². The second kappa shape index (κ2) is 9.83. The molecule has 1 atom stereocenters. The van der Waals surface area contributed by atoms with E-state index in [-0.39, 0.29) is 11.8 Å². The van der Waals surface area contributed by atoms with Crippen molar-refractivity contribution in [3.63, 3.8) is 0 Å². The zero-order valence-corrected chi connectivity index (χ0v) is 19.3. The zero-order valence-electron chi connectivity index (χ0n) is 19.3. The average Bonchev–Trinajstić information content (AvgIpc) is 3.21. The topological polar surface area (TPSA) is 70.7 Å². The Hall–Kier alpha value is -3.06. The maximum Gasteiger partial charge on any atom is 0.257 e. The van der Waals surface area contributed by atoms with Crippen molar-refractivity contribution in [2.75, 3.05) is 51.4 Å². The van der Waals surface area contributed by atoms with E-state index < -0.39 is 0 Å². The van der Waals surface area contributed by atoms with E-state index >= 15 is 0 Å². The molecule has 0 radical (unpaired) electrons. The summed E-state index contributed by atoms with van der Waals surface area (Å²) in [5.74, 6) is 0.822. The van der Waals surface area contributed by atoms with Crippen LogP contribution in [0.3, 0.4) is 0 Å². The van der Waals surface area contributed by atoms with Gasteiger partial charge in [-0.3, -0.25) is 4.79 Å². The molecule has 174 valence electrons. The van der Waals surface area contributed by atoms with Crippen molar-refractivity contribution in [1.82, 2.24) is 14.9 Å². The number of hydrogen-bond donors (Lipinski definition) is 1. The third-order valence-electron chi connectivity index (χ3n) is 6.72. The Balaban J connectivity index is 1.34. The Morgan fingerprint density at radius 1 is 1.15 bits per heavy atom. The molecule has 7 heteroatoms. The van der Waals surface area contributed by atoms with Crippen molar-refractivity contribution < 1.29 is 14.3 Å². The van der Waals surface area contributed by atoms with Gasteiger partial charge in [0.2, 0.25) is 0 Å². The lowest BCUT2D eigenvalue weighted by molar-refractivity contribution is 0.0734. The van der Waals surface area contributed by atoms with Gasteiger partial charge >= 0.3 is 0 Å². The molecule has 1 amide bonds. The van der Waals surface area contributed by atoms with Gasteiger partial charge in [-0.2, -0.15) is 0 Å². The molecule has 33 heavy (non-hydrogen) atoms. The molecule has 1 aromatic carbocycles. The molecule has 5 rings (SSSR count). The number of rotatable bonds is 5. The number of H-pyrrole nitrogens is 1. The third kappa shape index (κ3) is 4.83. The molecule has 2 fully saturated rings. The molecule has 3 aromatic rings. The van der Waals surface area contributed by atoms with Gasteiger partial charge in [0.25, 0.3) is 5.91 Å². The summed E-state index contributed by atoms with van der Waals surface area (Å²) in [5.41, 5.74) is 3.64. The average molecular weight is 449 g/mol. The highest BCUT2D eigenvalue weighted by Crippen LogP contribution is 2.29. The van der Waals surface area contributed by atoms with Gasteiger partial charge in [0.1, 0.15) is 11.4 Å². The van der Waals surface area contributed by atoms with Crippen LogP contribution < -0.4 is 9.64 Å². The van der Waals surface area contributed by atoms with Gasteiger partial charge < -0.3 is 24.3 Å². The van der Waals surface area contributed by atoms with Crippen molar-refractivity contribution >= 4 is 22.6 Å². The number of carbonyl (C=O) groups is 1. The van der Waals surface area contributed by atoms with Gasteiger partial charge in [-0.05, 0) is 62.1 Å². The molecule has 0 spiro atoms. The number of ether oxygens (including phenoxy) is 2. The van der Waals surface area contributed by atoms with Gasteiger partial charge in [-0.25, -0.2) is 4.98 Å². The minimum absolute atomic E-state index is 0.00832. The summed E-state index contributed by atoms with van der Waals surface area (Å²) in [4.78, 5) is 25.9. The number of piperidine rings is 1. The number of carbonyl (C=O) groups excluding carboxylic acids is 1. The maximum absolute atomic E-state index is 13.7. The van der Waals surface area contributed by atoms with Crippen molar-refractivity contribution in [1.29, 1.82) is 0 Å². The molecule has 2 aliphatic rings. The monoisotopic (exact) mass is 448 g/mol. The van der Waals surface area contributed by atoms with E-state index in [1.165, 1.54) is 19.3 Å². The van der Waals surface area contributed by atoms with Gasteiger partial charge in [-0.1, -0.05) is 0 Å². The van der Waals surface area contributed by atoms with Crippen LogP contribution in [-0.2, 0) is 11.2 Å². The highest BCUT2D eigenvalue weighted by atomic mass is 16.5. The van der Waals surface area contributed by atoms with Crippen LogP contribution in [0.4, 0.5) is 5.69 Å². The van der Waals surface area contributed by atoms with Crippen molar-refractivity contribution in [2.24, 2.45) is 5.92 Å². The minimum atomic E-state index is 0.00832. The first kappa shape index (κ1) is 21.8. The summed E-state index contributed by atoms with van der Waals surface area (Å²) in [6.45, 7) is 4.46.